The molecule has 0 N–H and O–H groups in total. The predicted molar refractivity (Wildman–Crippen MR) is 74.6 cm³/mol. The van der Waals surface area contributed by atoms with Gasteiger partial charge in [-0.3, -0.25) is 10.1 Å². The van der Waals surface area contributed by atoms with Crippen LogP contribution in [0.5, 0.6) is 0 Å². The summed E-state index contributed by atoms with van der Waals surface area (Å²) in [5.41, 5.74) is 2.26. The fourth-order valence-electron chi connectivity index (χ4n) is 2.26. The van der Waals surface area contributed by atoms with Gasteiger partial charge in [-0.2, -0.15) is 5.10 Å². The van der Waals surface area contributed by atoms with Gasteiger partial charge in [-0.15, -0.1) is 0 Å². The number of hydrogen-bond donors (Lipinski definition) is 0. The average molecular weight is 322 g/mol. The van der Waals surface area contributed by atoms with Gasteiger partial charge in [0.1, 0.15) is 11.4 Å². The molecule has 6 heteroatoms. The van der Waals surface area contributed by atoms with Gasteiger partial charge in [0.2, 0.25) is 0 Å². The molecule has 0 unspecified atom stereocenters. The largest absolute Gasteiger partial charge is 0.313 e. The van der Waals surface area contributed by atoms with Crippen LogP contribution in [0.2, 0.25) is 0 Å². The molecule has 1 fully saturated rings. The van der Waals surface area contributed by atoms with E-state index in [-0.39, 0.29) is 16.5 Å². The van der Waals surface area contributed by atoms with Crippen LogP contribution in [0, 0.1) is 17.0 Å². The van der Waals surface area contributed by atoms with Crippen molar-refractivity contribution >= 4 is 21.6 Å². The number of hydrogen-bond acceptors (Lipinski definition) is 3. The molecule has 1 aromatic carbocycles. The van der Waals surface area contributed by atoms with Crippen molar-refractivity contribution in [1.82, 2.24) is 9.78 Å². The lowest BCUT2D eigenvalue weighted by Gasteiger charge is -2.05. The molecule has 1 aliphatic rings. The zero-order valence-corrected chi connectivity index (χ0v) is 11.9. The first-order valence-corrected chi connectivity index (χ1v) is 6.87. The first-order valence-electron chi connectivity index (χ1n) is 6.08. The van der Waals surface area contributed by atoms with Crippen LogP contribution in [-0.2, 0) is 0 Å². The summed E-state index contributed by atoms with van der Waals surface area (Å²) in [5, 5.41) is 15.6. The first-order chi connectivity index (χ1) is 9.08. The fourth-order valence-corrected chi connectivity index (χ4v) is 2.53. The van der Waals surface area contributed by atoms with Gasteiger partial charge in [0.15, 0.2) is 0 Å². The molecule has 1 heterocycles. The molecule has 0 radical (unpaired) electrons. The highest BCUT2D eigenvalue weighted by molar-refractivity contribution is 9.10. The lowest BCUT2D eigenvalue weighted by molar-refractivity contribution is -0.386. The number of nitro groups is 1. The summed E-state index contributed by atoms with van der Waals surface area (Å²) in [5.74, 6) is 0.269. The van der Waals surface area contributed by atoms with Crippen molar-refractivity contribution in [2.24, 2.45) is 0 Å². The topological polar surface area (TPSA) is 61.0 Å². The minimum Gasteiger partial charge on any atom is -0.258 e. The maximum absolute atomic E-state index is 11.2. The lowest BCUT2D eigenvalue weighted by atomic mass is 10.2. The number of aryl methyl sites for hydroxylation is 1. The molecule has 3 rings (SSSR count). The molecular weight excluding hydrogens is 310 g/mol. The fraction of sp³-hybridized carbons (Fsp3) is 0.308. The summed E-state index contributed by atoms with van der Waals surface area (Å²) in [6.07, 6.45) is 2.00. The van der Waals surface area contributed by atoms with Crippen molar-refractivity contribution in [3.63, 3.8) is 0 Å². The standard InChI is InChI=1S/C13H12BrN3O2/c1-8-12(17(18)19)13(9-2-3-9)16(15-8)11-6-4-10(14)5-7-11/h4-7,9H,2-3H2,1H3. The molecule has 1 aromatic heterocycles. The molecule has 19 heavy (non-hydrogen) atoms. The van der Waals surface area contributed by atoms with Crippen LogP contribution < -0.4 is 0 Å². The van der Waals surface area contributed by atoms with E-state index in [0.29, 0.717) is 5.69 Å². The van der Waals surface area contributed by atoms with Crippen LogP contribution in [0.3, 0.4) is 0 Å². The number of rotatable bonds is 3. The highest BCUT2D eigenvalue weighted by Gasteiger charge is 2.37. The Morgan fingerprint density at radius 2 is 2.00 bits per heavy atom. The third-order valence-corrected chi connectivity index (χ3v) is 3.81. The molecule has 2 aromatic rings. The highest BCUT2D eigenvalue weighted by atomic mass is 79.9. The van der Waals surface area contributed by atoms with Crippen molar-refractivity contribution in [3.8, 4) is 5.69 Å². The van der Waals surface area contributed by atoms with Gasteiger partial charge in [0.05, 0.1) is 10.6 Å². The maximum Gasteiger partial charge on any atom is 0.313 e. The van der Waals surface area contributed by atoms with Crippen LogP contribution in [0.15, 0.2) is 28.7 Å². The number of nitrogens with zero attached hydrogens (tertiary/aromatic N) is 3. The van der Waals surface area contributed by atoms with Crippen LogP contribution in [-0.4, -0.2) is 14.7 Å². The van der Waals surface area contributed by atoms with Crippen molar-refractivity contribution in [2.75, 3.05) is 0 Å². The molecule has 5 nitrogen and oxygen atoms in total. The Balaban J connectivity index is 2.18. The second-order valence-corrected chi connectivity index (χ2v) is 5.65. The highest BCUT2D eigenvalue weighted by Crippen LogP contribution is 2.45. The first kappa shape index (κ1) is 12.3. The molecule has 1 aliphatic carbocycles. The second-order valence-electron chi connectivity index (χ2n) is 4.74. The monoisotopic (exact) mass is 321 g/mol. The van der Waals surface area contributed by atoms with Gasteiger partial charge in [-0.1, -0.05) is 15.9 Å². The SMILES string of the molecule is Cc1nn(-c2ccc(Br)cc2)c(C2CC2)c1[N+](=O)[O-]. The molecule has 0 spiro atoms. The van der Waals surface area contributed by atoms with Gasteiger partial charge in [0.25, 0.3) is 0 Å². The van der Waals surface area contributed by atoms with Crippen molar-refractivity contribution in [3.05, 3.63) is 50.2 Å². The van der Waals surface area contributed by atoms with Crippen molar-refractivity contribution < 1.29 is 4.92 Å². The van der Waals surface area contributed by atoms with E-state index in [0.717, 1.165) is 28.7 Å². The molecule has 98 valence electrons. The third kappa shape index (κ3) is 2.16. The van der Waals surface area contributed by atoms with E-state index in [9.17, 15) is 10.1 Å². The summed E-state index contributed by atoms with van der Waals surface area (Å²) in [6.45, 7) is 1.69. The van der Waals surface area contributed by atoms with Gasteiger partial charge in [0, 0.05) is 10.4 Å². The van der Waals surface area contributed by atoms with Gasteiger partial charge < -0.3 is 0 Å². The van der Waals surface area contributed by atoms with Crippen molar-refractivity contribution in [1.29, 1.82) is 0 Å². The summed E-state index contributed by atoms with van der Waals surface area (Å²) in [7, 11) is 0. The zero-order chi connectivity index (χ0) is 13.6. The Labute approximate surface area is 118 Å². The minimum atomic E-state index is -0.314. The molecule has 0 bridgehead atoms. The Hall–Kier alpha value is -1.69. The summed E-state index contributed by atoms with van der Waals surface area (Å²) < 4.78 is 2.69. The van der Waals surface area contributed by atoms with E-state index in [4.69, 9.17) is 0 Å². The molecular formula is C13H12BrN3O2. The smallest absolute Gasteiger partial charge is 0.258 e. The molecule has 0 amide bonds. The minimum absolute atomic E-state index is 0.172. The maximum atomic E-state index is 11.2. The Morgan fingerprint density at radius 1 is 1.37 bits per heavy atom. The summed E-state index contributed by atoms with van der Waals surface area (Å²) in [4.78, 5) is 10.9. The van der Waals surface area contributed by atoms with Crippen LogP contribution in [0.25, 0.3) is 5.69 Å². The Morgan fingerprint density at radius 3 is 2.53 bits per heavy atom. The second kappa shape index (κ2) is 4.45. The number of benzene rings is 1. The molecule has 0 aliphatic heterocycles. The Kier molecular flexibility index (Phi) is 2.89. The zero-order valence-electron chi connectivity index (χ0n) is 10.3. The van der Waals surface area contributed by atoms with E-state index in [1.807, 2.05) is 24.3 Å². The number of aromatic nitrogens is 2. The molecule has 0 atom stereocenters. The molecule has 1 saturated carbocycles. The summed E-state index contributed by atoms with van der Waals surface area (Å²) >= 11 is 3.38. The Bertz CT molecular complexity index is 645. The van der Waals surface area contributed by atoms with Gasteiger partial charge in [-0.25, -0.2) is 4.68 Å². The van der Waals surface area contributed by atoms with Gasteiger partial charge >= 0.3 is 5.69 Å². The van der Waals surface area contributed by atoms with Gasteiger partial charge in [-0.05, 0) is 44.0 Å². The number of halogens is 1. The van der Waals surface area contributed by atoms with E-state index in [1.165, 1.54) is 0 Å². The van der Waals surface area contributed by atoms with Crippen LogP contribution in [0.4, 0.5) is 5.69 Å². The molecule has 0 saturated heterocycles. The van der Waals surface area contributed by atoms with Crippen LogP contribution >= 0.6 is 15.9 Å². The van der Waals surface area contributed by atoms with Crippen LogP contribution in [0.1, 0.15) is 30.1 Å². The third-order valence-electron chi connectivity index (χ3n) is 3.28. The van der Waals surface area contributed by atoms with E-state index >= 15 is 0 Å². The van der Waals surface area contributed by atoms with E-state index in [1.54, 1.807) is 11.6 Å². The lowest BCUT2D eigenvalue weighted by Crippen LogP contribution is -2.02. The normalized spacial score (nSPS) is 14.6. The average Bonchev–Trinajstić information content (AvgIpc) is 3.13. The predicted octanol–water partition coefficient (Wildman–Crippen LogP) is 3.73. The quantitative estimate of drug-likeness (QED) is 0.639. The summed E-state index contributed by atoms with van der Waals surface area (Å²) in [6, 6.07) is 7.64. The van der Waals surface area contributed by atoms with Crippen molar-refractivity contribution in [2.45, 2.75) is 25.7 Å². The van der Waals surface area contributed by atoms with E-state index in [2.05, 4.69) is 21.0 Å². The van der Waals surface area contributed by atoms with E-state index < -0.39 is 0 Å².